The van der Waals surface area contributed by atoms with Gasteiger partial charge in [0.25, 0.3) is 0 Å². The zero-order valence-corrected chi connectivity index (χ0v) is 10.2. The van der Waals surface area contributed by atoms with Crippen LogP contribution in [0.2, 0.25) is 0 Å². The van der Waals surface area contributed by atoms with E-state index >= 15 is 0 Å². The third kappa shape index (κ3) is 1.94. The number of morpholine rings is 1. The van der Waals surface area contributed by atoms with Crippen LogP contribution in [0.15, 0.2) is 18.2 Å². The number of fused-ring (bicyclic) bond motifs is 1. The summed E-state index contributed by atoms with van der Waals surface area (Å²) in [5.41, 5.74) is 2.47. The molecule has 2 aliphatic rings. The molecule has 3 rings (SSSR count). The SMILES string of the molecule is CC1CN(C2CCc3c(O)cccc32)CCO1. The van der Waals surface area contributed by atoms with E-state index in [1.54, 1.807) is 6.07 Å². The molecule has 1 aliphatic carbocycles. The Bertz CT molecular complexity index is 419. The van der Waals surface area contributed by atoms with E-state index < -0.39 is 0 Å². The Hall–Kier alpha value is -1.06. The zero-order valence-electron chi connectivity index (χ0n) is 10.2. The Labute approximate surface area is 102 Å². The predicted octanol–water partition coefficient (Wildman–Crippen LogP) is 2.10. The largest absolute Gasteiger partial charge is 0.508 e. The van der Waals surface area contributed by atoms with Crippen molar-refractivity contribution in [2.45, 2.75) is 31.9 Å². The predicted molar refractivity (Wildman–Crippen MR) is 66.2 cm³/mol. The molecule has 0 radical (unpaired) electrons. The second kappa shape index (κ2) is 4.31. The number of rotatable bonds is 1. The lowest BCUT2D eigenvalue weighted by Crippen LogP contribution is -2.42. The molecule has 2 atom stereocenters. The van der Waals surface area contributed by atoms with Crippen LogP contribution in [0.25, 0.3) is 0 Å². The van der Waals surface area contributed by atoms with Crippen LogP contribution in [0, 0.1) is 0 Å². The van der Waals surface area contributed by atoms with Gasteiger partial charge in [0.05, 0.1) is 12.7 Å². The molecular formula is C14H19NO2. The molecule has 0 amide bonds. The molecule has 0 saturated carbocycles. The highest BCUT2D eigenvalue weighted by Gasteiger charge is 2.31. The normalized spacial score (nSPS) is 29.2. The Kier molecular flexibility index (Phi) is 2.81. The molecule has 1 N–H and O–H groups in total. The Morgan fingerprint density at radius 1 is 1.41 bits per heavy atom. The van der Waals surface area contributed by atoms with Gasteiger partial charge in [-0.1, -0.05) is 12.1 Å². The topological polar surface area (TPSA) is 32.7 Å². The highest BCUT2D eigenvalue weighted by Crippen LogP contribution is 2.40. The van der Waals surface area contributed by atoms with Gasteiger partial charge in [0.1, 0.15) is 5.75 Å². The van der Waals surface area contributed by atoms with Crippen LogP contribution in [0.4, 0.5) is 0 Å². The minimum absolute atomic E-state index is 0.324. The second-order valence-electron chi connectivity index (χ2n) is 5.08. The monoisotopic (exact) mass is 233 g/mol. The highest BCUT2D eigenvalue weighted by atomic mass is 16.5. The van der Waals surface area contributed by atoms with Crippen LogP contribution in [-0.4, -0.2) is 35.8 Å². The fourth-order valence-electron chi connectivity index (χ4n) is 3.12. The summed E-state index contributed by atoms with van der Waals surface area (Å²) in [5.74, 6) is 0.464. The average molecular weight is 233 g/mol. The van der Waals surface area contributed by atoms with Gasteiger partial charge in [-0.05, 0) is 37.0 Å². The summed E-state index contributed by atoms with van der Waals surface area (Å²) in [6.07, 6.45) is 2.45. The van der Waals surface area contributed by atoms with E-state index in [1.807, 2.05) is 6.07 Å². The van der Waals surface area contributed by atoms with Crippen molar-refractivity contribution in [2.75, 3.05) is 19.7 Å². The van der Waals surface area contributed by atoms with Gasteiger partial charge in [0.2, 0.25) is 0 Å². The first-order chi connectivity index (χ1) is 8.25. The lowest BCUT2D eigenvalue weighted by Gasteiger charge is -2.36. The van der Waals surface area contributed by atoms with Crippen molar-refractivity contribution >= 4 is 0 Å². The van der Waals surface area contributed by atoms with Crippen LogP contribution in [-0.2, 0) is 11.2 Å². The standard InChI is InChI=1S/C14H19NO2/c1-10-9-15(7-8-17-10)13-6-5-12-11(13)3-2-4-14(12)16/h2-4,10,13,16H,5-9H2,1H3. The molecule has 3 nitrogen and oxygen atoms in total. The van der Waals surface area contributed by atoms with E-state index in [9.17, 15) is 5.11 Å². The summed E-state index contributed by atoms with van der Waals surface area (Å²) in [4.78, 5) is 2.50. The molecule has 1 aliphatic heterocycles. The van der Waals surface area contributed by atoms with Crippen molar-refractivity contribution in [2.24, 2.45) is 0 Å². The van der Waals surface area contributed by atoms with E-state index in [-0.39, 0.29) is 0 Å². The van der Waals surface area contributed by atoms with Gasteiger partial charge in [0, 0.05) is 19.1 Å². The second-order valence-corrected chi connectivity index (χ2v) is 5.08. The van der Waals surface area contributed by atoms with Crippen LogP contribution < -0.4 is 0 Å². The van der Waals surface area contributed by atoms with Crippen LogP contribution in [0.5, 0.6) is 5.75 Å². The molecule has 2 unspecified atom stereocenters. The van der Waals surface area contributed by atoms with Crippen molar-refractivity contribution in [3.05, 3.63) is 29.3 Å². The number of ether oxygens (including phenoxy) is 1. The fourth-order valence-corrected chi connectivity index (χ4v) is 3.12. The van der Waals surface area contributed by atoms with E-state index in [4.69, 9.17) is 4.74 Å². The summed E-state index contributed by atoms with van der Waals surface area (Å²) in [6.45, 7) is 4.96. The van der Waals surface area contributed by atoms with E-state index in [0.29, 0.717) is 17.9 Å². The van der Waals surface area contributed by atoms with Crippen molar-refractivity contribution in [3.63, 3.8) is 0 Å². The van der Waals surface area contributed by atoms with Gasteiger partial charge in [-0.15, -0.1) is 0 Å². The van der Waals surface area contributed by atoms with Crippen LogP contribution >= 0.6 is 0 Å². The molecule has 1 heterocycles. The maximum Gasteiger partial charge on any atom is 0.119 e. The van der Waals surface area contributed by atoms with Crippen molar-refractivity contribution in [3.8, 4) is 5.75 Å². The number of benzene rings is 1. The average Bonchev–Trinajstić information content (AvgIpc) is 2.74. The first-order valence-electron chi connectivity index (χ1n) is 6.42. The molecular weight excluding hydrogens is 214 g/mol. The molecule has 3 heteroatoms. The van der Waals surface area contributed by atoms with Gasteiger partial charge >= 0.3 is 0 Å². The molecule has 92 valence electrons. The lowest BCUT2D eigenvalue weighted by molar-refractivity contribution is -0.0343. The number of nitrogens with zero attached hydrogens (tertiary/aromatic N) is 1. The van der Waals surface area contributed by atoms with Crippen LogP contribution in [0.3, 0.4) is 0 Å². The van der Waals surface area contributed by atoms with Crippen molar-refractivity contribution in [1.29, 1.82) is 0 Å². The van der Waals surface area contributed by atoms with Crippen molar-refractivity contribution in [1.82, 2.24) is 4.90 Å². The zero-order chi connectivity index (χ0) is 11.8. The van der Waals surface area contributed by atoms with Gasteiger partial charge in [-0.25, -0.2) is 0 Å². The molecule has 0 bridgehead atoms. The third-order valence-electron chi connectivity index (χ3n) is 3.93. The molecule has 1 aromatic carbocycles. The summed E-state index contributed by atoms with van der Waals surface area (Å²) in [6, 6.07) is 6.38. The van der Waals surface area contributed by atoms with E-state index in [1.165, 1.54) is 5.56 Å². The van der Waals surface area contributed by atoms with E-state index in [2.05, 4.69) is 17.9 Å². The van der Waals surface area contributed by atoms with Gasteiger partial charge < -0.3 is 9.84 Å². The van der Waals surface area contributed by atoms with Gasteiger partial charge in [-0.3, -0.25) is 4.90 Å². The lowest BCUT2D eigenvalue weighted by atomic mass is 10.1. The Morgan fingerprint density at radius 3 is 3.12 bits per heavy atom. The quantitative estimate of drug-likeness (QED) is 0.806. The summed E-state index contributed by atoms with van der Waals surface area (Å²) < 4.78 is 5.59. The fraction of sp³-hybridized carbons (Fsp3) is 0.571. The maximum absolute atomic E-state index is 9.86. The first-order valence-corrected chi connectivity index (χ1v) is 6.42. The minimum atomic E-state index is 0.324. The minimum Gasteiger partial charge on any atom is -0.508 e. The Balaban J connectivity index is 1.85. The highest BCUT2D eigenvalue weighted by molar-refractivity contribution is 5.44. The Morgan fingerprint density at radius 2 is 2.29 bits per heavy atom. The van der Waals surface area contributed by atoms with Crippen molar-refractivity contribution < 1.29 is 9.84 Å². The number of hydrogen-bond donors (Lipinski definition) is 1. The maximum atomic E-state index is 9.86. The molecule has 1 aromatic rings. The molecule has 1 fully saturated rings. The smallest absolute Gasteiger partial charge is 0.119 e. The number of hydrogen-bond acceptors (Lipinski definition) is 3. The molecule has 0 spiro atoms. The van der Waals surface area contributed by atoms with Gasteiger partial charge in [-0.2, -0.15) is 0 Å². The molecule has 0 aromatic heterocycles. The molecule has 1 saturated heterocycles. The number of aromatic hydroxyl groups is 1. The number of phenolic OH excluding ortho intramolecular Hbond substituents is 1. The summed E-state index contributed by atoms with van der Waals surface area (Å²) >= 11 is 0. The van der Waals surface area contributed by atoms with Gasteiger partial charge in [0.15, 0.2) is 0 Å². The van der Waals surface area contributed by atoms with Crippen LogP contribution in [0.1, 0.15) is 30.5 Å². The van der Waals surface area contributed by atoms with E-state index in [0.717, 1.165) is 38.1 Å². The first kappa shape index (κ1) is 11.1. The number of phenols is 1. The third-order valence-corrected chi connectivity index (χ3v) is 3.93. The summed E-state index contributed by atoms with van der Waals surface area (Å²) in [7, 11) is 0. The molecule has 17 heavy (non-hydrogen) atoms. The summed E-state index contributed by atoms with van der Waals surface area (Å²) in [5, 5.41) is 9.86.